The van der Waals surface area contributed by atoms with E-state index in [2.05, 4.69) is 10.4 Å². The van der Waals surface area contributed by atoms with E-state index in [0.717, 1.165) is 5.56 Å². The summed E-state index contributed by atoms with van der Waals surface area (Å²) in [5.41, 5.74) is 6.49. The van der Waals surface area contributed by atoms with Gasteiger partial charge in [0, 0.05) is 12.1 Å². The maximum Gasteiger partial charge on any atom is 0.291 e. The van der Waals surface area contributed by atoms with Crippen LogP contribution in [0.4, 0.5) is 5.69 Å². The Morgan fingerprint density at radius 1 is 1.33 bits per heavy atom. The smallest absolute Gasteiger partial charge is 0.291 e. The second-order valence-corrected chi connectivity index (χ2v) is 6.25. The highest BCUT2D eigenvalue weighted by Gasteiger charge is 2.19. The van der Waals surface area contributed by atoms with E-state index in [4.69, 9.17) is 26.5 Å². The Morgan fingerprint density at radius 2 is 2.11 bits per heavy atom. The summed E-state index contributed by atoms with van der Waals surface area (Å²) in [4.78, 5) is 23.8. The van der Waals surface area contributed by atoms with Gasteiger partial charge in [0.25, 0.3) is 11.8 Å². The van der Waals surface area contributed by atoms with E-state index in [1.165, 1.54) is 16.9 Å². The van der Waals surface area contributed by atoms with Gasteiger partial charge < -0.3 is 20.2 Å². The van der Waals surface area contributed by atoms with Crippen LogP contribution >= 0.6 is 11.6 Å². The molecule has 3 rings (SSSR count). The van der Waals surface area contributed by atoms with Crippen molar-refractivity contribution in [2.75, 3.05) is 5.32 Å². The molecular formula is C18H17ClN4O4. The van der Waals surface area contributed by atoms with Gasteiger partial charge in [-0.3, -0.25) is 14.3 Å². The molecule has 0 saturated heterocycles. The predicted molar refractivity (Wildman–Crippen MR) is 98.9 cm³/mol. The first-order chi connectivity index (χ1) is 12.8. The molecule has 2 heterocycles. The van der Waals surface area contributed by atoms with Crippen LogP contribution in [0.1, 0.15) is 32.4 Å². The number of carbonyl (C=O) groups excluding carboxylic acids is 2. The number of hydrogen-bond acceptors (Lipinski definition) is 5. The van der Waals surface area contributed by atoms with Gasteiger partial charge >= 0.3 is 0 Å². The van der Waals surface area contributed by atoms with E-state index in [0.29, 0.717) is 16.5 Å². The highest BCUT2D eigenvalue weighted by Crippen LogP contribution is 2.23. The normalized spacial score (nSPS) is 10.6. The van der Waals surface area contributed by atoms with Crippen LogP contribution < -0.4 is 15.8 Å². The summed E-state index contributed by atoms with van der Waals surface area (Å²) in [6.45, 7) is 2.03. The number of nitrogens with one attached hydrogen (secondary N) is 1. The average Bonchev–Trinajstić information content (AvgIpc) is 3.21. The fraction of sp³-hybridized carbons (Fsp3) is 0.167. The fourth-order valence-electron chi connectivity index (χ4n) is 2.51. The molecule has 3 N–H and O–H groups in total. The Hall–Kier alpha value is -3.26. The summed E-state index contributed by atoms with van der Waals surface area (Å²) < 4.78 is 12.5. The van der Waals surface area contributed by atoms with Crippen LogP contribution in [0.15, 0.2) is 40.9 Å². The molecule has 2 amide bonds. The van der Waals surface area contributed by atoms with Crippen molar-refractivity contribution < 1.29 is 18.7 Å². The lowest BCUT2D eigenvalue weighted by atomic mass is 10.2. The third-order valence-corrected chi connectivity index (χ3v) is 4.05. The summed E-state index contributed by atoms with van der Waals surface area (Å²) in [6, 6.07) is 8.45. The third-order valence-electron chi connectivity index (χ3n) is 3.81. The number of hydrogen-bond donors (Lipinski definition) is 2. The lowest BCUT2D eigenvalue weighted by molar-refractivity contribution is 0.0992. The molecule has 3 aromatic rings. The van der Waals surface area contributed by atoms with Gasteiger partial charge in [0.1, 0.15) is 23.8 Å². The van der Waals surface area contributed by atoms with Crippen molar-refractivity contribution in [2.45, 2.75) is 13.5 Å². The quantitative estimate of drug-likeness (QED) is 0.674. The number of halogens is 1. The van der Waals surface area contributed by atoms with E-state index < -0.39 is 11.8 Å². The van der Waals surface area contributed by atoms with E-state index in [9.17, 15) is 9.59 Å². The Bertz CT molecular complexity index is 1010. The summed E-state index contributed by atoms with van der Waals surface area (Å²) in [6.07, 6.45) is 1.34. The molecule has 8 nitrogen and oxygen atoms in total. The number of furan rings is 1. The Kier molecular flexibility index (Phi) is 5.18. The molecule has 9 heteroatoms. The number of rotatable bonds is 6. The molecule has 0 aliphatic rings. The zero-order valence-electron chi connectivity index (χ0n) is 14.7. The van der Waals surface area contributed by atoms with E-state index in [1.807, 2.05) is 6.92 Å². The number of amides is 2. The van der Waals surface area contributed by atoms with E-state index in [1.54, 1.807) is 31.3 Å². The number of aromatic nitrogens is 2. The maximum absolute atomic E-state index is 12.3. The monoisotopic (exact) mass is 388 g/mol. The molecule has 0 saturated carbocycles. The van der Waals surface area contributed by atoms with Crippen molar-refractivity contribution in [2.24, 2.45) is 12.8 Å². The SMILES string of the molecule is Cc1cc(Cl)ccc1OCc1ccc(C(=O)Nc2cnn(C)c2C(N)=O)o1. The second kappa shape index (κ2) is 7.55. The highest BCUT2D eigenvalue weighted by atomic mass is 35.5. The number of carbonyl (C=O) groups is 2. The van der Waals surface area contributed by atoms with Crippen molar-refractivity contribution >= 4 is 29.1 Å². The molecule has 1 aromatic carbocycles. The van der Waals surface area contributed by atoms with Crippen molar-refractivity contribution in [3.05, 3.63) is 64.3 Å². The van der Waals surface area contributed by atoms with Crippen LogP contribution in [-0.4, -0.2) is 21.6 Å². The van der Waals surface area contributed by atoms with Crippen LogP contribution in [0, 0.1) is 6.92 Å². The van der Waals surface area contributed by atoms with Crippen molar-refractivity contribution in [1.29, 1.82) is 0 Å². The molecule has 0 spiro atoms. The molecular weight excluding hydrogens is 372 g/mol. The largest absolute Gasteiger partial charge is 0.485 e. The van der Waals surface area contributed by atoms with Crippen molar-refractivity contribution in [3.8, 4) is 5.75 Å². The predicted octanol–water partition coefficient (Wildman–Crippen LogP) is 2.91. The number of nitrogens with two attached hydrogens (primary N) is 1. The number of aryl methyl sites for hydroxylation is 2. The van der Waals surface area contributed by atoms with Crippen LogP contribution in [0.3, 0.4) is 0 Å². The Labute approximate surface area is 159 Å². The minimum atomic E-state index is -0.697. The van der Waals surface area contributed by atoms with Crippen LogP contribution in [0.2, 0.25) is 5.02 Å². The minimum Gasteiger partial charge on any atom is -0.485 e. The standard InChI is InChI=1S/C18H17ClN4O4/c1-10-7-11(19)3-5-14(10)26-9-12-4-6-15(27-12)18(25)22-13-8-21-23(2)16(13)17(20)24/h3-8H,9H2,1-2H3,(H2,20,24)(H,22,25). The van der Waals surface area contributed by atoms with Gasteiger partial charge in [0.15, 0.2) is 5.76 Å². The molecule has 27 heavy (non-hydrogen) atoms. The van der Waals surface area contributed by atoms with Gasteiger partial charge in [-0.1, -0.05) is 11.6 Å². The van der Waals surface area contributed by atoms with Crippen LogP contribution in [0.5, 0.6) is 5.75 Å². The van der Waals surface area contributed by atoms with Gasteiger partial charge in [0.2, 0.25) is 0 Å². The zero-order valence-corrected chi connectivity index (χ0v) is 15.4. The van der Waals surface area contributed by atoms with Gasteiger partial charge in [0.05, 0.1) is 11.9 Å². The number of nitrogens with zero attached hydrogens (tertiary/aromatic N) is 2. The molecule has 0 aliphatic carbocycles. The second-order valence-electron chi connectivity index (χ2n) is 5.81. The molecule has 0 unspecified atom stereocenters. The number of benzene rings is 1. The summed E-state index contributed by atoms with van der Waals surface area (Å²) >= 11 is 5.92. The molecule has 0 bridgehead atoms. The first kappa shape index (κ1) is 18.5. The number of anilines is 1. The van der Waals surface area contributed by atoms with Gasteiger partial charge in [-0.15, -0.1) is 0 Å². The summed E-state index contributed by atoms with van der Waals surface area (Å²) in [5.74, 6) is -0.0173. The topological polar surface area (TPSA) is 112 Å². The van der Waals surface area contributed by atoms with Gasteiger partial charge in [-0.2, -0.15) is 5.10 Å². The molecule has 0 aliphatic heterocycles. The van der Waals surface area contributed by atoms with Crippen LogP contribution in [-0.2, 0) is 13.7 Å². The first-order valence-electron chi connectivity index (χ1n) is 7.96. The highest BCUT2D eigenvalue weighted by molar-refractivity contribution is 6.30. The van der Waals surface area contributed by atoms with Gasteiger partial charge in [-0.25, -0.2) is 0 Å². The van der Waals surface area contributed by atoms with Gasteiger partial charge in [-0.05, 0) is 42.8 Å². The average molecular weight is 389 g/mol. The van der Waals surface area contributed by atoms with E-state index >= 15 is 0 Å². The minimum absolute atomic E-state index is 0.0701. The maximum atomic E-state index is 12.3. The van der Waals surface area contributed by atoms with Crippen LogP contribution in [0.25, 0.3) is 0 Å². The van der Waals surface area contributed by atoms with Crippen molar-refractivity contribution in [3.63, 3.8) is 0 Å². The summed E-state index contributed by atoms with van der Waals surface area (Å²) in [5, 5.41) is 7.09. The first-order valence-corrected chi connectivity index (χ1v) is 8.33. The molecule has 0 atom stereocenters. The lowest BCUT2D eigenvalue weighted by Crippen LogP contribution is -2.20. The zero-order chi connectivity index (χ0) is 19.6. The molecule has 0 radical (unpaired) electrons. The van der Waals surface area contributed by atoms with E-state index in [-0.39, 0.29) is 23.7 Å². The van der Waals surface area contributed by atoms with Crippen molar-refractivity contribution in [1.82, 2.24) is 9.78 Å². The number of primary amides is 1. The molecule has 0 fully saturated rings. The number of ether oxygens (including phenoxy) is 1. The summed E-state index contributed by atoms with van der Waals surface area (Å²) in [7, 11) is 1.55. The Balaban J connectivity index is 1.66. The third kappa shape index (κ3) is 4.12. The Morgan fingerprint density at radius 3 is 2.81 bits per heavy atom. The molecule has 2 aromatic heterocycles. The lowest BCUT2D eigenvalue weighted by Gasteiger charge is -2.07. The fourth-order valence-corrected chi connectivity index (χ4v) is 2.73. The molecule has 140 valence electrons.